The molecule has 1 saturated carbocycles. The first-order valence-corrected chi connectivity index (χ1v) is 7.11. The van der Waals surface area contributed by atoms with Crippen molar-refractivity contribution in [1.29, 1.82) is 0 Å². The van der Waals surface area contributed by atoms with E-state index in [0.29, 0.717) is 24.7 Å². The Morgan fingerprint density at radius 1 is 1.45 bits per heavy atom. The molecular weight excluding hydrogens is 256 g/mol. The Hall–Kier alpha value is -1.69. The number of nitrogens with one attached hydrogen (secondary N) is 1. The molecule has 0 aromatic carbocycles. The van der Waals surface area contributed by atoms with E-state index >= 15 is 0 Å². The molecule has 0 atom stereocenters. The minimum Gasteiger partial charge on any atom is -0.379 e. The monoisotopic (exact) mass is 278 g/mol. The molecule has 20 heavy (non-hydrogen) atoms. The summed E-state index contributed by atoms with van der Waals surface area (Å²) in [6.45, 7) is 4.72. The van der Waals surface area contributed by atoms with Crippen LogP contribution in [0.1, 0.15) is 30.3 Å². The number of hydrogen-bond acceptors (Lipinski definition) is 5. The van der Waals surface area contributed by atoms with Crippen molar-refractivity contribution in [2.75, 3.05) is 38.7 Å². The lowest BCUT2D eigenvalue weighted by Crippen LogP contribution is -2.31. The van der Waals surface area contributed by atoms with Crippen molar-refractivity contribution in [3.63, 3.8) is 0 Å². The molecule has 0 saturated heterocycles. The van der Waals surface area contributed by atoms with Crippen molar-refractivity contribution in [3.05, 3.63) is 17.8 Å². The van der Waals surface area contributed by atoms with Crippen molar-refractivity contribution in [2.45, 2.75) is 19.8 Å². The third-order valence-electron chi connectivity index (χ3n) is 3.21. The second-order valence-corrected chi connectivity index (χ2v) is 5.08. The van der Waals surface area contributed by atoms with Crippen LogP contribution in [0.5, 0.6) is 0 Å². The van der Waals surface area contributed by atoms with Gasteiger partial charge in [-0.3, -0.25) is 4.79 Å². The van der Waals surface area contributed by atoms with E-state index in [2.05, 4.69) is 15.5 Å². The number of amides is 1. The molecule has 2 rings (SSSR count). The largest absolute Gasteiger partial charge is 0.379 e. The summed E-state index contributed by atoms with van der Waals surface area (Å²) >= 11 is 0. The average molecular weight is 278 g/mol. The highest BCUT2D eigenvalue weighted by Crippen LogP contribution is 2.28. The van der Waals surface area contributed by atoms with Crippen molar-refractivity contribution in [2.24, 2.45) is 5.92 Å². The molecule has 110 valence electrons. The molecule has 6 nitrogen and oxygen atoms in total. The number of rotatable bonds is 8. The molecule has 1 aliphatic carbocycles. The second-order valence-electron chi connectivity index (χ2n) is 5.08. The smallest absolute Gasteiger partial charge is 0.274 e. The molecule has 0 bridgehead atoms. The van der Waals surface area contributed by atoms with Crippen LogP contribution in [-0.2, 0) is 4.74 Å². The molecule has 0 unspecified atom stereocenters. The topological polar surface area (TPSA) is 67.4 Å². The SMILES string of the molecule is CCNc1ccc(C(=O)N(C)CCOCC2CC2)nn1. The van der Waals surface area contributed by atoms with E-state index in [-0.39, 0.29) is 5.91 Å². The van der Waals surface area contributed by atoms with Crippen molar-refractivity contribution in [3.8, 4) is 0 Å². The van der Waals surface area contributed by atoms with Crippen LogP contribution >= 0.6 is 0 Å². The standard InChI is InChI=1S/C14H22N4O2/c1-3-15-13-7-6-12(16-17-13)14(19)18(2)8-9-20-10-11-4-5-11/h6-7,11H,3-5,8-10H2,1-2H3,(H,15,17). The Kier molecular flexibility index (Phi) is 5.29. The quantitative estimate of drug-likeness (QED) is 0.728. The predicted molar refractivity (Wildman–Crippen MR) is 76.7 cm³/mol. The number of likely N-dealkylation sites (N-methyl/N-ethyl adjacent to an activating group) is 1. The molecule has 1 aliphatic rings. The van der Waals surface area contributed by atoms with E-state index in [1.54, 1.807) is 24.1 Å². The summed E-state index contributed by atoms with van der Waals surface area (Å²) in [4.78, 5) is 13.7. The first-order chi connectivity index (χ1) is 9.70. The van der Waals surface area contributed by atoms with Crippen molar-refractivity contribution < 1.29 is 9.53 Å². The second kappa shape index (κ2) is 7.19. The normalized spacial score (nSPS) is 14.1. The molecule has 0 aliphatic heterocycles. The van der Waals surface area contributed by atoms with E-state index in [4.69, 9.17) is 4.74 Å². The van der Waals surface area contributed by atoms with Crippen LogP contribution in [0.3, 0.4) is 0 Å². The highest BCUT2D eigenvalue weighted by molar-refractivity contribution is 5.92. The van der Waals surface area contributed by atoms with E-state index in [9.17, 15) is 4.79 Å². The Morgan fingerprint density at radius 3 is 2.85 bits per heavy atom. The summed E-state index contributed by atoms with van der Waals surface area (Å²) in [5.41, 5.74) is 0.358. The molecule has 1 heterocycles. The molecule has 1 amide bonds. The Bertz CT molecular complexity index is 431. The molecular formula is C14H22N4O2. The summed E-state index contributed by atoms with van der Waals surface area (Å²) in [6.07, 6.45) is 2.56. The number of hydrogen-bond donors (Lipinski definition) is 1. The molecule has 6 heteroatoms. The maximum absolute atomic E-state index is 12.1. The summed E-state index contributed by atoms with van der Waals surface area (Å²) in [5, 5.41) is 10.9. The highest BCUT2D eigenvalue weighted by atomic mass is 16.5. The van der Waals surface area contributed by atoms with Gasteiger partial charge in [0.2, 0.25) is 0 Å². The summed E-state index contributed by atoms with van der Waals surface area (Å²) in [6, 6.07) is 3.45. The van der Waals surface area contributed by atoms with E-state index in [1.807, 2.05) is 6.92 Å². The van der Waals surface area contributed by atoms with Gasteiger partial charge in [0, 0.05) is 26.7 Å². The third kappa shape index (κ3) is 4.45. The number of anilines is 1. The number of nitrogens with zero attached hydrogens (tertiary/aromatic N) is 3. The van der Waals surface area contributed by atoms with Gasteiger partial charge in [-0.2, -0.15) is 0 Å². The number of carbonyl (C=O) groups is 1. The average Bonchev–Trinajstić information content (AvgIpc) is 3.28. The fourth-order valence-electron chi connectivity index (χ4n) is 1.75. The first-order valence-electron chi connectivity index (χ1n) is 7.11. The summed E-state index contributed by atoms with van der Waals surface area (Å²) in [7, 11) is 1.75. The highest BCUT2D eigenvalue weighted by Gasteiger charge is 2.21. The van der Waals surface area contributed by atoms with Crippen LogP contribution in [0.4, 0.5) is 5.82 Å². The van der Waals surface area contributed by atoms with Gasteiger partial charge >= 0.3 is 0 Å². The van der Waals surface area contributed by atoms with Crippen LogP contribution in [0.25, 0.3) is 0 Å². The first kappa shape index (κ1) is 14.7. The number of ether oxygens (including phenoxy) is 1. The van der Waals surface area contributed by atoms with Crippen LogP contribution in [0.2, 0.25) is 0 Å². The molecule has 1 fully saturated rings. The van der Waals surface area contributed by atoms with Gasteiger partial charge in [0.15, 0.2) is 5.69 Å². The molecule has 0 radical (unpaired) electrons. The maximum atomic E-state index is 12.1. The van der Waals surface area contributed by atoms with Crippen LogP contribution in [0, 0.1) is 5.92 Å². The van der Waals surface area contributed by atoms with E-state index in [1.165, 1.54) is 12.8 Å². The molecule has 1 aromatic rings. The van der Waals surface area contributed by atoms with Gasteiger partial charge in [-0.1, -0.05) is 0 Å². The summed E-state index contributed by atoms with van der Waals surface area (Å²) in [5.74, 6) is 1.30. The van der Waals surface area contributed by atoms with Gasteiger partial charge < -0.3 is 15.0 Å². The fourth-order valence-corrected chi connectivity index (χ4v) is 1.75. The van der Waals surface area contributed by atoms with Gasteiger partial charge in [0.1, 0.15) is 5.82 Å². The molecule has 0 spiro atoms. The molecule has 1 N–H and O–H groups in total. The zero-order chi connectivity index (χ0) is 14.4. The van der Waals surface area contributed by atoms with Crippen LogP contribution in [0.15, 0.2) is 12.1 Å². The van der Waals surface area contributed by atoms with E-state index < -0.39 is 0 Å². The lowest BCUT2D eigenvalue weighted by atomic mass is 10.3. The van der Waals surface area contributed by atoms with Crippen molar-refractivity contribution >= 4 is 11.7 Å². The summed E-state index contributed by atoms with van der Waals surface area (Å²) < 4.78 is 5.53. The zero-order valence-corrected chi connectivity index (χ0v) is 12.1. The number of aromatic nitrogens is 2. The fraction of sp³-hybridized carbons (Fsp3) is 0.643. The minimum atomic E-state index is -0.129. The van der Waals surface area contributed by atoms with Crippen LogP contribution in [-0.4, -0.2) is 54.4 Å². The zero-order valence-electron chi connectivity index (χ0n) is 12.1. The predicted octanol–water partition coefficient (Wildman–Crippen LogP) is 1.41. The Morgan fingerprint density at radius 2 is 2.25 bits per heavy atom. The van der Waals surface area contributed by atoms with E-state index in [0.717, 1.165) is 19.1 Å². The van der Waals surface area contributed by atoms with Gasteiger partial charge in [-0.25, -0.2) is 0 Å². The minimum absolute atomic E-state index is 0.129. The van der Waals surface area contributed by atoms with Gasteiger partial charge in [0.05, 0.1) is 6.61 Å². The van der Waals surface area contributed by atoms with Gasteiger partial charge in [-0.05, 0) is 37.8 Å². The third-order valence-corrected chi connectivity index (χ3v) is 3.21. The van der Waals surface area contributed by atoms with Crippen molar-refractivity contribution in [1.82, 2.24) is 15.1 Å². The maximum Gasteiger partial charge on any atom is 0.274 e. The number of carbonyl (C=O) groups excluding carboxylic acids is 1. The Labute approximate surface area is 119 Å². The van der Waals surface area contributed by atoms with Gasteiger partial charge in [0.25, 0.3) is 5.91 Å². The Balaban J connectivity index is 1.75. The lowest BCUT2D eigenvalue weighted by molar-refractivity contribution is 0.0675. The van der Waals surface area contributed by atoms with Gasteiger partial charge in [-0.15, -0.1) is 10.2 Å². The van der Waals surface area contributed by atoms with Crippen LogP contribution < -0.4 is 5.32 Å². The molecule has 1 aromatic heterocycles. The lowest BCUT2D eigenvalue weighted by Gasteiger charge is -2.16.